The van der Waals surface area contributed by atoms with Crippen molar-refractivity contribution in [2.75, 3.05) is 0 Å². The van der Waals surface area contributed by atoms with Crippen LogP contribution in [0.15, 0.2) is 64.0 Å². The van der Waals surface area contributed by atoms with Crippen molar-refractivity contribution >= 4 is 43.2 Å². The Morgan fingerprint density at radius 1 is 1.08 bits per heavy atom. The second-order valence-electron chi connectivity index (χ2n) is 5.31. The monoisotopic (exact) mass is 451 g/mol. The molecule has 1 amide bonds. The van der Waals surface area contributed by atoms with E-state index in [2.05, 4.69) is 31.2 Å². The number of aromatic nitrogens is 1. The maximum atomic E-state index is 12.4. The summed E-state index contributed by atoms with van der Waals surface area (Å²) in [4.78, 5) is 19.3. The SMILES string of the molecule is Cc1nc(-c2ccccc2)sc1C(=O)NNS(=O)(=O)c1ccc(Br)cc1. The molecule has 2 aromatic carbocycles. The minimum Gasteiger partial charge on any atom is -0.273 e. The van der Waals surface area contributed by atoms with Crippen LogP contribution in [0.5, 0.6) is 0 Å². The number of carbonyl (C=O) groups excluding carboxylic acids is 1. The highest BCUT2D eigenvalue weighted by Gasteiger charge is 2.19. The molecule has 0 saturated carbocycles. The van der Waals surface area contributed by atoms with E-state index in [-0.39, 0.29) is 4.90 Å². The van der Waals surface area contributed by atoms with Crippen molar-refractivity contribution in [2.45, 2.75) is 11.8 Å². The van der Waals surface area contributed by atoms with Crippen LogP contribution >= 0.6 is 27.3 Å². The average Bonchev–Trinajstić information content (AvgIpc) is 3.03. The number of thiazole rings is 1. The largest absolute Gasteiger partial charge is 0.278 e. The van der Waals surface area contributed by atoms with Crippen molar-refractivity contribution in [3.63, 3.8) is 0 Å². The van der Waals surface area contributed by atoms with Gasteiger partial charge in [0.05, 0.1) is 10.6 Å². The van der Waals surface area contributed by atoms with Crippen LogP contribution in [0.25, 0.3) is 10.6 Å². The molecule has 9 heteroatoms. The Morgan fingerprint density at radius 3 is 2.38 bits per heavy atom. The number of nitrogens with one attached hydrogen (secondary N) is 2. The predicted octanol–water partition coefficient (Wildman–Crippen LogP) is 3.50. The van der Waals surface area contributed by atoms with Crippen LogP contribution in [0, 0.1) is 6.92 Å². The second kappa shape index (κ2) is 7.67. The quantitative estimate of drug-likeness (QED) is 0.580. The lowest BCUT2D eigenvalue weighted by atomic mass is 10.2. The Kier molecular flexibility index (Phi) is 5.52. The molecule has 0 aliphatic heterocycles. The van der Waals surface area contributed by atoms with Gasteiger partial charge >= 0.3 is 0 Å². The molecular weight excluding hydrogens is 438 g/mol. The number of rotatable bonds is 5. The van der Waals surface area contributed by atoms with Crippen LogP contribution < -0.4 is 10.3 Å². The van der Waals surface area contributed by atoms with Crippen molar-refractivity contribution < 1.29 is 13.2 Å². The van der Waals surface area contributed by atoms with Gasteiger partial charge in [0, 0.05) is 10.0 Å². The van der Waals surface area contributed by atoms with E-state index in [4.69, 9.17) is 0 Å². The summed E-state index contributed by atoms with van der Waals surface area (Å²) in [5.41, 5.74) is 3.67. The van der Waals surface area contributed by atoms with E-state index >= 15 is 0 Å². The van der Waals surface area contributed by atoms with E-state index in [9.17, 15) is 13.2 Å². The summed E-state index contributed by atoms with van der Waals surface area (Å²) in [5.74, 6) is -0.553. The molecule has 3 rings (SSSR count). The number of carbonyl (C=O) groups is 1. The maximum absolute atomic E-state index is 12.4. The third-order valence-electron chi connectivity index (χ3n) is 3.45. The fourth-order valence-corrected chi connectivity index (χ4v) is 4.22. The number of hydrogen-bond donors (Lipinski definition) is 2. The molecule has 1 heterocycles. The lowest BCUT2D eigenvalue weighted by Gasteiger charge is -2.08. The molecule has 0 spiro atoms. The summed E-state index contributed by atoms with van der Waals surface area (Å²) in [6, 6.07) is 15.6. The molecule has 26 heavy (non-hydrogen) atoms. The second-order valence-corrected chi connectivity index (χ2v) is 8.91. The zero-order valence-corrected chi connectivity index (χ0v) is 16.8. The van der Waals surface area contributed by atoms with E-state index < -0.39 is 15.9 Å². The Labute approximate surface area is 163 Å². The number of amides is 1. The molecule has 0 aliphatic carbocycles. The van der Waals surface area contributed by atoms with Gasteiger partial charge in [-0.2, -0.15) is 0 Å². The van der Waals surface area contributed by atoms with Gasteiger partial charge in [0.2, 0.25) is 0 Å². The van der Waals surface area contributed by atoms with Crippen LogP contribution in [-0.2, 0) is 10.0 Å². The number of hydrogen-bond acceptors (Lipinski definition) is 5. The van der Waals surface area contributed by atoms with Gasteiger partial charge in [-0.3, -0.25) is 10.2 Å². The predicted molar refractivity (Wildman–Crippen MR) is 104 cm³/mol. The van der Waals surface area contributed by atoms with Gasteiger partial charge in [-0.1, -0.05) is 46.3 Å². The maximum Gasteiger partial charge on any atom is 0.278 e. The summed E-state index contributed by atoms with van der Waals surface area (Å²) in [6.45, 7) is 1.71. The average molecular weight is 452 g/mol. The van der Waals surface area contributed by atoms with Crippen LogP contribution in [0.2, 0.25) is 0 Å². The van der Waals surface area contributed by atoms with E-state index in [0.717, 1.165) is 10.0 Å². The van der Waals surface area contributed by atoms with E-state index in [1.165, 1.54) is 23.5 Å². The van der Waals surface area contributed by atoms with Gasteiger partial charge in [-0.25, -0.2) is 13.4 Å². The molecule has 0 bridgehead atoms. The summed E-state index contributed by atoms with van der Waals surface area (Å²) in [6.07, 6.45) is 0. The highest BCUT2D eigenvalue weighted by molar-refractivity contribution is 9.10. The van der Waals surface area contributed by atoms with Gasteiger partial charge < -0.3 is 0 Å². The van der Waals surface area contributed by atoms with Gasteiger partial charge in [-0.05, 0) is 31.2 Å². The normalized spacial score (nSPS) is 11.3. The fourth-order valence-electron chi connectivity index (χ4n) is 2.15. The van der Waals surface area contributed by atoms with Crippen LogP contribution in [0.1, 0.15) is 15.4 Å². The number of aryl methyl sites for hydroxylation is 1. The standard InChI is InChI=1S/C17H14BrN3O3S2/c1-11-15(25-17(19-11)12-5-3-2-4-6-12)16(22)20-21-26(23,24)14-9-7-13(18)8-10-14/h2-10,21H,1H3,(H,20,22). The van der Waals surface area contributed by atoms with Crippen molar-refractivity contribution in [3.8, 4) is 10.6 Å². The number of sulfonamides is 1. The molecule has 0 aliphatic rings. The van der Waals surface area contributed by atoms with Gasteiger partial charge in [0.15, 0.2) is 0 Å². The zero-order valence-electron chi connectivity index (χ0n) is 13.6. The molecule has 3 aromatic rings. The smallest absolute Gasteiger partial charge is 0.273 e. The molecule has 2 N–H and O–H groups in total. The topological polar surface area (TPSA) is 88.2 Å². The zero-order chi connectivity index (χ0) is 18.7. The first kappa shape index (κ1) is 18.7. The Balaban J connectivity index is 1.74. The fraction of sp³-hybridized carbons (Fsp3) is 0.0588. The summed E-state index contributed by atoms with van der Waals surface area (Å²) >= 11 is 4.45. The van der Waals surface area contributed by atoms with Crippen molar-refractivity contribution in [1.29, 1.82) is 0 Å². The molecule has 6 nitrogen and oxygen atoms in total. The Morgan fingerprint density at radius 2 is 1.73 bits per heavy atom. The number of benzene rings is 2. The van der Waals surface area contributed by atoms with Crippen molar-refractivity contribution in [1.82, 2.24) is 15.2 Å². The van der Waals surface area contributed by atoms with Gasteiger partial charge in [0.25, 0.3) is 15.9 Å². The number of halogens is 1. The summed E-state index contributed by atoms with van der Waals surface area (Å²) in [5, 5.41) is 0.698. The van der Waals surface area contributed by atoms with Crippen LogP contribution in [-0.4, -0.2) is 19.3 Å². The number of hydrazine groups is 1. The third-order valence-corrected chi connectivity index (χ3v) is 6.44. The molecule has 0 unspecified atom stereocenters. The first-order valence-corrected chi connectivity index (χ1v) is 10.6. The molecule has 0 saturated heterocycles. The molecule has 1 aromatic heterocycles. The lowest BCUT2D eigenvalue weighted by Crippen LogP contribution is -2.41. The molecular formula is C17H14BrN3O3S2. The number of nitrogens with zero attached hydrogens (tertiary/aromatic N) is 1. The van der Waals surface area contributed by atoms with Crippen molar-refractivity contribution in [2.24, 2.45) is 0 Å². The van der Waals surface area contributed by atoms with Gasteiger partial charge in [0.1, 0.15) is 9.88 Å². The lowest BCUT2D eigenvalue weighted by molar-refractivity contribution is 0.0948. The molecule has 0 radical (unpaired) electrons. The first-order chi connectivity index (χ1) is 12.4. The summed E-state index contributed by atoms with van der Waals surface area (Å²) in [7, 11) is -3.86. The molecule has 0 atom stereocenters. The van der Waals surface area contributed by atoms with Crippen LogP contribution in [0.3, 0.4) is 0 Å². The summed E-state index contributed by atoms with van der Waals surface area (Å²) < 4.78 is 25.2. The minimum absolute atomic E-state index is 0.0481. The highest BCUT2D eigenvalue weighted by atomic mass is 79.9. The molecule has 0 fully saturated rings. The van der Waals surface area contributed by atoms with Gasteiger partial charge in [-0.15, -0.1) is 16.2 Å². The van der Waals surface area contributed by atoms with Crippen LogP contribution in [0.4, 0.5) is 0 Å². The highest BCUT2D eigenvalue weighted by Crippen LogP contribution is 2.27. The van der Waals surface area contributed by atoms with E-state index in [0.29, 0.717) is 15.6 Å². The van der Waals surface area contributed by atoms with E-state index in [1.807, 2.05) is 30.3 Å². The Hall–Kier alpha value is -2.07. The Bertz CT molecular complexity index is 1030. The van der Waals surface area contributed by atoms with Crippen molar-refractivity contribution in [3.05, 3.63) is 69.6 Å². The first-order valence-electron chi connectivity index (χ1n) is 7.47. The molecule has 134 valence electrons. The van der Waals surface area contributed by atoms with E-state index in [1.54, 1.807) is 19.1 Å². The third kappa shape index (κ3) is 4.18. The minimum atomic E-state index is -3.86.